The van der Waals surface area contributed by atoms with Gasteiger partial charge in [-0.25, -0.2) is 4.79 Å². The second-order valence-corrected chi connectivity index (χ2v) is 5.78. The number of hydrogen-bond donors (Lipinski definition) is 2. The third-order valence-corrected chi connectivity index (χ3v) is 3.71. The molecule has 2 aromatic carbocycles. The minimum Gasteiger partial charge on any atom is -0.308 e. The maximum absolute atomic E-state index is 12.9. The molecule has 0 aliphatic rings. The number of pyridine rings is 1. The number of amides is 2. The highest BCUT2D eigenvalue weighted by atomic mass is 19.4. The van der Waals surface area contributed by atoms with E-state index in [2.05, 4.69) is 10.3 Å². The second kappa shape index (κ2) is 7.02. The molecule has 28 heavy (non-hydrogen) atoms. The van der Waals surface area contributed by atoms with Gasteiger partial charge in [-0.15, -0.1) is 0 Å². The van der Waals surface area contributed by atoms with E-state index in [1.165, 1.54) is 6.07 Å². The van der Waals surface area contributed by atoms with E-state index in [0.717, 1.165) is 0 Å². The molecule has 146 valence electrons. The Morgan fingerprint density at radius 3 is 2.00 bits per heavy atom. The van der Waals surface area contributed by atoms with Crippen LogP contribution >= 0.6 is 0 Å². The average Bonchev–Trinajstić information content (AvgIpc) is 2.59. The van der Waals surface area contributed by atoms with Crippen LogP contribution < -0.4 is 10.6 Å². The van der Waals surface area contributed by atoms with E-state index in [4.69, 9.17) is 0 Å². The van der Waals surface area contributed by atoms with Crippen LogP contribution in [0.25, 0.3) is 10.9 Å². The highest BCUT2D eigenvalue weighted by molar-refractivity contribution is 6.01. The molecule has 1 aromatic heterocycles. The number of anilines is 2. The first-order valence-corrected chi connectivity index (χ1v) is 7.75. The summed E-state index contributed by atoms with van der Waals surface area (Å²) in [6, 6.07) is 7.93. The Hall–Kier alpha value is -3.30. The van der Waals surface area contributed by atoms with Gasteiger partial charge in [0.05, 0.1) is 16.6 Å². The fourth-order valence-corrected chi connectivity index (χ4v) is 2.47. The van der Waals surface area contributed by atoms with Gasteiger partial charge in [-0.2, -0.15) is 26.3 Å². The Kier molecular flexibility index (Phi) is 4.88. The summed E-state index contributed by atoms with van der Waals surface area (Å²) in [5.41, 5.74) is -2.73. The first-order chi connectivity index (χ1) is 13.0. The lowest BCUT2D eigenvalue weighted by atomic mass is 10.1. The van der Waals surface area contributed by atoms with E-state index in [-0.39, 0.29) is 6.07 Å². The predicted molar refractivity (Wildman–Crippen MR) is 90.8 cm³/mol. The van der Waals surface area contributed by atoms with Gasteiger partial charge in [0.2, 0.25) is 0 Å². The summed E-state index contributed by atoms with van der Waals surface area (Å²) < 4.78 is 77.2. The van der Waals surface area contributed by atoms with Crippen LogP contribution in [-0.4, -0.2) is 11.0 Å². The fraction of sp³-hybridized carbons (Fsp3) is 0.111. The number of benzene rings is 2. The molecule has 0 spiro atoms. The summed E-state index contributed by atoms with van der Waals surface area (Å²) in [6.07, 6.45) is -8.42. The highest BCUT2D eigenvalue weighted by Crippen LogP contribution is 2.37. The van der Waals surface area contributed by atoms with Gasteiger partial charge in [-0.05, 0) is 42.5 Å². The van der Waals surface area contributed by atoms with Crippen LogP contribution in [-0.2, 0) is 12.4 Å². The van der Waals surface area contributed by atoms with Crippen LogP contribution in [0.3, 0.4) is 0 Å². The van der Waals surface area contributed by atoms with Crippen molar-refractivity contribution in [2.24, 2.45) is 0 Å². The fourth-order valence-electron chi connectivity index (χ4n) is 2.47. The molecule has 0 atom stereocenters. The standard InChI is InChI=1S/C18H11F6N3O/c19-17(20,21)11-7-12(18(22,23)24)9-14(8-11)27-16(28)26-13-3-4-15-10(6-13)2-1-5-25-15/h1-9H,(H2,26,27,28). The number of carbonyl (C=O) groups excluding carboxylic acids is 1. The third kappa shape index (κ3) is 4.51. The molecule has 0 aliphatic carbocycles. The van der Waals surface area contributed by atoms with Gasteiger partial charge in [-0.1, -0.05) is 6.07 Å². The number of rotatable bonds is 2. The molecule has 10 heteroatoms. The third-order valence-electron chi connectivity index (χ3n) is 3.71. The van der Waals surface area contributed by atoms with E-state index >= 15 is 0 Å². The Balaban J connectivity index is 1.84. The lowest BCUT2D eigenvalue weighted by Crippen LogP contribution is -2.20. The molecule has 2 N–H and O–H groups in total. The van der Waals surface area contributed by atoms with E-state index < -0.39 is 35.2 Å². The largest absolute Gasteiger partial charge is 0.416 e. The van der Waals surface area contributed by atoms with Gasteiger partial charge in [0.25, 0.3) is 0 Å². The Labute approximate surface area is 154 Å². The summed E-state index contributed by atoms with van der Waals surface area (Å²) in [4.78, 5) is 16.1. The number of carbonyl (C=O) groups is 1. The van der Waals surface area contributed by atoms with Crippen molar-refractivity contribution in [1.82, 2.24) is 4.98 Å². The second-order valence-electron chi connectivity index (χ2n) is 5.78. The maximum Gasteiger partial charge on any atom is 0.416 e. The first-order valence-electron chi connectivity index (χ1n) is 7.75. The van der Waals surface area contributed by atoms with Gasteiger partial charge < -0.3 is 10.6 Å². The molecular weight excluding hydrogens is 388 g/mol. The van der Waals surface area contributed by atoms with Gasteiger partial charge >= 0.3 is 18.4 Å². The molecule has 3 rings (SSSR count). The number of halogens is 6. The molecule has 2 amide bonds. The van der Waals surface area contributed by atoms with Crippen LogP contribution in [0.5, 0.6) is 0 Å². The van der Waals surface area contributed by atoms with Crippen molar-refractivity contribution in [3.8, 4) is 0 Å². The van der Waals surface area contributed by atoms with Gasteiger partial charge in [-0.3, -0.25) is 4.98 Å². The van der Waals surface area contributed by atoms with E-state index in [1.807, 2.05) is 5.32 Å². The predicted octanol–water partition coefficient (Wildman–Crippen LogP) is 5.92. The van der Waals surface area contributed by atoms with Gasteiger partial charge in [0.1, 0.15) is 0 Å². The molecule has 0 radical (unpaired) electrons. The SMILES string of the molecule is O=C(Nc1cc(C(F)(F)F)cc(C(F)(F)F)c1)Nc1ccc2ncccc2c1. The highest BCUT2D eigenvalue weighted by Gasteiger charge is 2.37. The van der Waals surface area contributed by atoms with E-state index in [0.29, 0.717) is 28.7 Å². The van der Waals surface area contributed by atoms with Crippen LogP contribution in [0.15, 0.2) is 54.7 Å². The number of aromatic nitrogens is 1. The lowest BCUT2D eigenvalue weighted by Gasteiger charge is -2.15. The zero-order chi connectivity index (χ0) is 20.5. The zero-order valence-corrected chi connectivity index (χ0v) is 13.8. The number of nitrogens with zero attached hydrogens (tertiary/aromatic N) is 1. The number of urea groups is 1. The number of fused-ring (bicyclic) bond motifs is 1. The molecule has 3 aromatic rings. The number of hydrogen-bond acceptors (Lipinski definition) is 2. The average molecular weight is 399 g/mol. The smallest absolute Gasteiger partial charge is 0.308 e. The van der Waals surface area contributed by atoms with Gasteiger partial charge in [0, 0.05) is 23.0 Å². The summed E-state index contributed by atoms with van der Waals surface area (Å²) in [7, 11) is 0. The molecule has 0 saturated heterocycles. The van der Waals surface area contributed by atoms with Crippen LogP contribution in [0.4, 0.5) is 42.5 Å². The van der Waals surface area contributed by atoms with Crippen molar-refractivity contribution in [2.45, 2.75) is 12.4 Å². The Morgan fingerprint density at radius 1 is 0.786 bits per heavy atom. The summed E-state index contributed by atoms with van der Waals surface area (Å²) >= 11 is 0. The molecule has 0 bridgehead atoms. The molecule has 1 heterocycles. The van der Waals surface area contributed by atoms with Crippen molar-refractivity contribution >= 4 is 28.3 Å². The Morgan fingerprint density at radius 2 is 1.39 bits per heavy atom. The minimum atomic E-state index is -5.00. The minimum absolute atomic E-state index is 0.0145. The molecule has 0 saturated carbocycles. The van der Waals surface area contributed by atoms with E-state index in [1.54, 1.807) is 30.5 Å². The normalized spacial score (nSPS) is 12.1. The van der Waals surface area contributed by atoms with Crippen LogP contribution in [0.2, 0.25) is 0 Å². The summed E-state index contributed by atoms with van der Waals surface area (Å²) in [6.45, 7) is 0. The molecule has 0 aliphatic heterocycles. The van der Waals surface area contributed by atoms with Crippen molar-refractivity contribution in [1.29, 1.82) is 0 Å². The first kappa shape index (κ1) is 19.5. The maximum atomic E-state index is 12.9. The van der Waals surface area contributed by atoms with Crippen molar-refractivity contribution in [2.75, 3.05) is 10.6 Å². The topological polar surface area (TPSA) is 54.0 Å². The molecule has 0 unspecified atom stereocenters. The monoisotopic (exact) mass is 399 g/mol. The molecule has 4 nitrogen and oxygen atoms in total. The summed E-state index contributed by atoms with van der Waals surface area (Å²) in [5, 5.41) is 5.05. The molecular formula is C18H11F6N3O. The van der Waals surface area contributed by atoms with Crippen molar-refractivity contribution in [3.63, 3.8) is 0 Å². The van der Waals surface area contributed by atoms with Gasteiger partial charge in [0.15, 0.2) is 0 Å². The number of alkyl halides is 6. The van der Waals surface area contributed by atoms with Crippen molar-refractivity contribution in [3.05, 3.63) is 65.9 Å². The zero-order valence-electron chi connectivity index (χ0n) is 13.8. The lowest BCUT2D eigenvalue weighted by molar-refractivity contribution is -0.143. The van der Waals surface area contributed by atoms with Crippen LogP contribution in [0, 0.1) is 0 Å². The summed E-state index contributed by atoms with van der Waals surface area (Å²) in [5.74, 6) is 0. The molecule has 0 fully saturated rings. The Bertz CT molecular complexity index is 997. The van der Waals surface area contributed by atoms with E-state index in [9.17, 15) is 31.1 Å². The number of nitrogens with one attached hydrogen (secondary N) is 2. The van der Waals surface area contributed by atoms with Crippen LogP contribution in [0.1, 0.15) is 11.1 Å². The van der Waals surface area contributed by atoms with Crippen molar-refractivity contribution < 1.29 is 31.1 Å². The quantitative estimate of drug-likeness (QED) is 0.526.